The molecule has 1 fully saturated rings. The highest BCUT2D eigenvalue weighted by atomic mass is 16.5. The van der Waals surface area contributed by atoms with E-state index in [-0.39, 0.29) is 0 Å². The van der Waals surface area contributed by atoms with Gasteiger partial charge in [0.15, 0.2) is 5.96 Å². The Morgan fingerprint density at radius 1 is 1.39 bits per heavy atom. The van der Waals surface area contributed by atoms with Crippen molar-refractivity contribution in [2.75, 3.05) is 26.8 Å². The highest BCUT2D eigenvalue weighted by molar-refractivity contribution is 5.79. The third-order valence-electron chi connectivity index (χ3n) is 4.66. The molecule has 2 N–H and O–H groups in total. The number of methoxy groups -OCH3 is 1. The second-order valence-corrected chi connectivity index (χ2v) is 6.30. The Hall–Kier alpha value is -1.63. The first-order chi connectivity index (χ1) is 11.2. The van der Waals surface area contributed by atoms with Gasteiger partial charge in [0.25, 0.3) is 0 Å². The molecule has 0 saturated heterocycles. The molecular formula is C16H30N6O. The van der Waals surface area contributed by atoms with Crippen LogP contribution in [0.3, 0.4) is 0 Å². The third kappa shape index (κ3) is 5.20. The van der Waals surface area contributed by atoms with Gasteiger partial charge in [-0.2, -0.15) is 5.10 Å². The van der Waals surface area contributed by atoms with Gasteiger partial charge in [-0.15, -0.1) is 0 Å². The van der Waals surface area contributed by atoms with Crippen molar-refractivity contribution in [2.45, 2.75) is 45.6 Å². The molecule has 1 aromatic heterocycles. The van der Waals surface area contributed by atoms with Gasteiger partial charge in [-0.05, 0) is 31.6 Å². The Morgan fingerprint density at radius 3 is 2.78 bits per heavy atom. The molecule has 0 aliphatic heterocycles. The minimum atomic E-state index is 0.344. The van der Waals surface area contributed by atoms with Gasteiger partial charge in [-0.1, -0.05) is 12.8 Å². The Bertz CT molecular complexity index is 493. The molecule has 23 heavy (non-hydrogen) atoms. The fraction of sp³-hybridized carbons (Fsp3) is 0.812. The number of nitrogens with one attached hydrogen (secondary N) is 2. The molecule has 0 amide bonds. The SMILES string of the molecule is CCNC(=NCc1ncnn1C)NCC1(CCOC)CCCC1. The lowest BCUT2D eigenvalue weighted by Gasteiger charge is -2.30. The Kier molecular flexibility index (Phi) is 6.83. The van der Waals surface area contributed by atoms with E-state index >= 15 is 0 Å². The Labute approximate surface area is 138 Å². The molecule has 7 heteroatoms. The second kappa shape index (κ2) is 8.86. The van der Waals surface area contributed by atoms with Gasteiger partial charge in [0.2, 0.25) is 0 Å². The van der Waals surface area contributed by atoms with Crippen LogP contribution >= 0.6 is 0 Å². The van der Waals surface area contributed by atoms with Gasteiger partial charge in [-0.3, -0.25) is 4.68 Å². The van der Waals surface area contributed by atoms with Crippen molar-refractivity contribution in [2.24, 2.45) is 17.5 Å². The van der Waals surface area contributed by atoms with Crippen LogP contribution in [0.1, 0.15) is 44.9 Å². The Morgan fingerprint density at radius 2 is 2.17 bits per heavy atom. The van der Waals surface area contributed by atoms with E-state index in [1.807, 2.05) is 7.05 Å². The summed E-state index contributed by atoms with van der Waals surface area (Å²) in [6.07, 6.45) is 7.84. The zero-order chi connectivity index (χ0) is 16.5. The molecule has 1 aromatic rings. The first-order valence-electron chi connectivity index (χ1n) is 8.53. The zero-order valence-corrected chi connectivity index (χ0v) is 14.6. The highest BCUT2D eigenvalue weighted by Gasteiger charge is 2.33. The maximum atomic E-state index is 5.30. The Balaban J connectivity index is 1.93. The average Bonchev–Trinajstić information content (AvgIpc) is 3.18. The van der Waals surface area contributed by atoms with Crippen LogP contribution in [-0.4, -0.2) is 47.5 Å². The summed E-state index contributed by atoms with van der Waals surface area (Å²) in [6.45, 7) is 5.22. The molecule has 1 aliphatic rings. The molecule has 130 valence electrons. The number of rotatable bonds is 8. The molecule has 7 nitrogen and oxygen atoms in total. The minimum absolute atomic E-state index is 0.344. The van der Waals surface area contributed by atoms with Crippen LogP contribution in [0.25, 0.3) is 0 Å². The van der Waals surface area contributed by atoms with Crippen molar-refractivity contribution >= 4 is 5.96 Å². The highest BCUT2D eigenvalue weighted by Crippen LogP contribution is 2.40. The lowest BCUT2D eigenvalue weighted by molar-refractivity contribution is 0.138. The standard InChI is InChI=1S/C16H30N6O/c1-4-17-15(18-11-14-20-13-21-22(14)2)19-12-16(9-10-23-3)7-5-6-8-16/h13H,4-12H2,1-3H3,(H2,17,18,19). The van der Waals surface area contributed by atoms with Crippen molar-refractivity contribution in [1.82, 2.24) is 25.4 Å². The molecule has 0 bridgehead atoms. The fourth-order valence-corrected chi connectivity index (χ4v) is 3.18. The third-order valence-corrected chi connectivity index (χ3v) is 4.66. The van der Waals surface area contributed by atoms with E-state index in [4.69, 9.17) is 4.74 Å². The molecule has 1 heterocycles. The molecular weight excluding hydrogens is 292 g/mol. The van der Waals surface area contributed by atoms with E-state index in [1.54, 1.807) is 18.1 Å². The van der Waals surface area contributed by atoms with Crippen LogP contribution in [0.4, 0.5) is 0 Å². The molecule has 1 saturated carbocycles. The summed E-state index contributed by atoms with van der Waals surface area (Å²) in [7, 11) is 3.67. The number of ether oxygens (including phenoxy) is 1. The molecule has 0 unspecified atom stereocenters. The number of hydrogen-bond donors (Lipinski definition) is 2. The number of hydrogen-bond acceptors (Lipinski definition) is 4. The lowest BCUT2D eigenvalue weighted by Crippen LogP contribution is -2.43. The fourth-order valence-electron chi connectivity index (χ4n) is 3.18. The quantitative estimate of drug-likeness (QED) is 0.560. The van der Waals surface area contributed by atoms with Gasteiger partial charge < -0.3 is 15.4 Å². The van der Waals surface area contributed by atoms with E-state index in [2.05, 4.69) is 32.6 Å². The van der Waals surface area contributed by atoms with Crippen LogP contribution in [0, 0.1) is 5.41 Å². The van der Waals surface area contributed by atoms with Gasteiger partial charge in [0, 0.05) is 33.9 Å². The van der Waals surface area contributed by atoms with E-state index < -0.39 is 0 Å². The monoisotopic (exact) mass is 322 g/mol. The van der Waals surface area contributed by atoms with Crippen LogP contribution < -0.4 is 10.6 Å². The van der Waals surface area contributed by atoms with Gasteiger partial charge in [0.05, 0.1) is 0 Å². The first-order valence-corrected chi connectivity index (χ1v) is 8.53. The molecule has 0 spiro atoms. The molecule has 1 aliphatic carbocycles. The topological polar surface area (TPSA) is 76.4 Å². The number of aryl methyl sites for hydroxylation is 1. The average molecular weight is 322 g/mol. The summed E-state index contributed by atoms with van der Waals surface area (Å²) in [5.41, 5.74) is 0.344. The van der Waals surface area contributed by atoms with Gasteiger partial charge in [0.1, 0.15) is 18.7 Å². The predicted molar refractivity (Wildman–Crippen MR) is 91.2 cm³/mol. The largest absolute Gasteiger partial charge is 0.385 e. The van der Waals surface area contributed by atoms with E-state index in [0.717, 1.165) is 37.9 Å². The number of aromatic nitrogens is 3. The number of aliphatic imine (C=N–C) groups is 1. The van der Waals surface area contributed by atoms with E-state index in [1.165, 1.54) is 25.7 Å². The van der Waals surface area contributed by atoms with E-state index in [0.29, 0.717) is 12.0 Å². The molecule has 0 atom stereocenters. The summed E-state index contributed by atoms with van der Waals surface area (Å²) in [5, 5.41) is 10.9. The van der Waals surface area contributed by atoms with Crippen molar-refractivity contribution in [3.63, 3.8) is 0 Å². The smallest absolute Gasteiger partial charge is 0.191 e. The van der Waals surface area contributed by atoms with Crippen molar-refractivity contribution in [1.29, 1.82) is 0 Å². The summed E-state index contributed by atoms with van der Waals surface area (Å²) >= 11 is 0. The second-order valence-electron chi connectivity index (χ2n) is 6.30. The summed E-state index contributed by atoms with van der Waals surface area (Å²) < 4.78 is 7.06. The van der Waals surface area contributed by atoms with Crippen molar-refractivity contribution in [3.8, 4) is 0 Å². The number of guanidine groups is 1. The summed E-state index contributed by atoms with van der Waals surface area (Å²) in [4.78, 5) is 8.84. The molecule has 2 rings (SSSR count). The van der Waals surface area contributed by atoms with Crippen molar-refractivity contribution < 1.29 is 4.74 Å². The zero-order valence-electron chi connectivity index (χ0n) is 14.6. The van der Waals surface area contributed by atoms with E-state index in [9.17, 15) is 0 Å². The van der Waals surface area contributed by atoms with Crippen LogP contribution in [-0.2, 0) is 18.3 Å². The van der Waals surface area contributed by atoms with Gasteiger partial charge >= 0.3 is 0 Å². The predicted octanol–water partition coefficient (Wildman–Crippen LogP) is 1.47. The molecule has 0 aromatic carbocycles. The number of nitrogens with zero attached hydrogens (tertiary/aromatic N) is 4. The summed E-state index contributed by atoms with van der Waals surface area (Å²) in [5.74, 6) is 1.70. The van der Waals surface area contributed by atoms with Crippen LogP contribution in [0.2, 0.25) is 0 Å². The molecule has 0 radical (unpaired) electrons. The van der Waals surface area contributed by atoms with Crippen molar-refractivity contribution in [3.05, 3.63) is 12.2 Å². The normalized spacial score (nSPS) is 17.4. The first kappa shape index (κ1) is 17.7. The lowest BCUT2D eigenvalue weighted by atomic mass is 9.83. The maximum absolute atomic E-state index is 5.30. The summed E-state index contributed by atoms with van der Waals surface area (Å²) in [6, 6.07) is 0. The maximum Gasteiger partial charge on any atom is 0.191 e. The minimum Gasteiger partial charge on any atom is -0.385 e. The van der Waals surface area contributed by atoms with Crippen LogP contribution in [0.5, 0.6) is 0 Å². The van der Waals surface area contributed by atoms with Crippen LogP contribution in [0.15, 0.2) is 11.3 Å². The van der Waals surface area contributed by atoms with Gasteiger partial charge in [-0.25, -0.2) is 9.98 Å².